The van der Waals surface area contributed by atoms with E-state index in [-0.39, 0.29) is 18.1 Å². The van der Waals surface area contributed by atoms with Gasteiger partial charge >= 0.3 is 0 Å². The van der Waals surface area contributed by atoms with Gasteiger partial charge in [0.1, 0.15) is 0 Å². The van der Waals surface area contributed by atoms with Gasteiger partial charge < -0.3 is 10.6 Å². The highest BCUT2D eigenvalue weighted by molar-refractivity contribution is 9.10. The zero-order chi connectivity index (χ0) is 14.5. The number of nitrogens with one attached hydrogen (secondary N) is 2. The number of anilines is 2. The molecule has 0 aromatic heterocycles. The van der Waals surface area contributed by atoms with Crippen LogP contribution in [-0.4, -0.2) is 12.5 Å². The molecule has 0 unspecified atom stereocenters. The molecule has 2 aromatic rings. The van der Waals surface area contributed by atoms with Crippen molar-refractivity contribution in [2.75, 3.05) is 17.2 Å². The van der Waals surface area contributed by atoms with E-state index in [0.29, 0.717) is 0 Å². The number of rotatable bonds is 4. The number of halogens is 3. The number of hydrogen-bond acceptors (Lipinski definition) is 2. The van der Waals surface area contributed by atoms with Gasteiger partial charge in [0.25, 0.3) is 0 Å². The van der Waals surface area contributed by atoms with Crippen molar-refractivity contribution < 1.29 is 13.6 Å². The summed E-state index contributed by atoms with van der Waals surface area (Å²) in [5.74, 6) is -2.29. The van der Waals surface area contributed by atoms with Gasteiger partial charge in [-0.3, -0.25) is 4.79 Å². The fourth-order valence-corrected chi connectivity index (χ4v) is 1.79. The van der Waals surface area contributed by atoms with Crippen LogP contribution in [-0.2, 0) is 4.79 Å². The van der Waals surface area contributed by atoms with Crippen molar-refractivity contribution in [3.63, 3.8) is 0 Å². The molecule has 0 heterocycles. The second-order valence-electron chi connectivity index (χ2n) is 4.04. The van der Waals surface area contributed by atoms with Crippen molar-refractivity contribution in [2.24, 2.45) is 0 Å². The fourth-order valence-electron chi connectivity index (χ4n) is 1.53. The van der Waals surface area contributed by atoms with Crippen LogP contribution in [0.15, 0.2) is 46.9 Å². The Hall–Kier alpha value is -1.95. The number of benzene rings is 2. The lowest BCUT2D eigenvalue weighted by Crippen LogP contribution is -2.21. The summed E-state index contributed by atoms with van der Waals surface area (Å²) < 4.78 is 26.6. The Morgan fingerprint density at radius 1 is 1.00 bits per heavy atom. The lowest BCUT2D eigenvalue weighted by Gasteiger charge is -2.08. The molecule has 0 atom stereocenters. The summed E-state index contributed by atoms with van der Waals surface area (Å²) in [4.78, 5) is 11.6. The molecular formula is C14H11BrF2N2O. The molecule has 0 saturated carbocycles. The van der Waals surface area contributed by atoms with Gasteiger partial charge in [-0.25, -0.2) is 8.78 Å². The van der Waals surface area contributed by atoms with E-state index in [0.717, 1.165) is 22.3 Å². The summed E-state index contributed by atoms with van der Waals surface area (Å²) >= 11 is 3.31. The molecule has 104 valence electrons. The first-order valence-electron chi connectivity index (χ1n) is 5.79. The molecule has 0 fully saturated rings. The Bertz CT molecular complexity index is 617. The van der Waals surface area contributed by atoms with Gasteiger partial charge in [-0.15, -0.1) is 0 Å². The molecule has 0 saturated heterocycles. The minimum atomic E-state index is -0.997. The average molecular weight is 341 g/mol. The lowest BCUT2D eigenvalue weighted by molar-refractivity contribution is -0.114. The van der Waals surface area contributed by atoms with Crippen molar-refractivity contribution in [2.45, 2.75) is 0 Å². The summed E-state index contributed by atoms with van der Waals surface area (Å²) in [6.07, 6.45) is 0. The van der Waals surface area contributed by atoms with E-state index in [2.05, 4.69) is 26.6 Å². The molecule has 0 aliphatic rings. The predicted octanol–water partition coefficient (Wildman–Crippen LogP) is 3.78. The van der Waals surface area contributed by atoms with Crippen LogP contribution in [0.4, 0.5) is 20.2 Å². The van der Waals surface area contributed by atoms with E-state index in [4.69, 9.17) is 0 Å². The smallest absolute Gasteiger partial charge is 0.243 e. The molecule has 0 spiro atoms. The summed E-state index contributed by atoms with van der Waals surface area (Å²) in [6.45, 7) is 0.0284. The van der Waals surface area contributed by atoms with Gasteiger partial charge in [0.15, 0.2) is 11.6 Å². The molecular weight excluding hydrogens is 330 g/mol. The normalized spacial score (nSPS) is 10.2. The van der Waals surface area contributed by atoms with E-state index in [9.17, 15) is 13.6 Å². The third kappa shape index (κ3) is 4.03. The molecule has 6 heteroatoms. The molecule has 3 nitrogen and oxygen atoms in total. The molecule has 1 amide bonds. The predicted molar refractivity (Wildman–Crippen MR) is 77.6 cm³/mol. The van der Waals surface area contributed by atoms with Crippen molar-refractivity contribution in [3.8, 4) is 0 Å². The van der Waals surface area contributed by atoms with Crippen molar-refractivity contribution in [1.82, 2.24) is 0 Å². The summed E-state index contributed by atoms with van der Waals surface area (Å²) in [5, 5.41) is 5.39. The van der Waals surface area contributed by atoms with Crippen LogP contribution < -0.4 is 10.6 Å². The fraction of sp³-hybridized carbons (Fsp3) is 0.0714. The van der Waals surface area contributed by atoms with Crippen LogP contribution in [0, 0.1) is 11.6 Å². The SMILES string of the molecule is O=C(CNc1ccc(Br)cc1)Nc1ccc(F)c(F)c1. The standard InChI is InChI=1S/C14H11BrF2N2O/c15-9-1-3-10(4-2-9)18-8-14(20)19-11-5-6-12(16)13(17)7-11/h1-7,18H,8H2,(H,19,20). The molecule has 0 aliphatic heterocycles. The summed E-state index contributed by atoms with van der Waals surface area (Å²) in [6, 6.07) is 10.5. The van der Waals surface area contributed by atoms with Crippen LogP contribution in [0.1, 0.15) is 0 Å². The van der Waals surface area contributed by atoms with Crippen LogP contribution >= 0.6 is 15.9 Å². The molecule has 2 rings (SSSR count). The van der Waals surface area contributed by atoms with Gasteiger partial charge in [0.2, 0.25) is 5.91 Å². The highest BCUT2D eigenvalue weighted by Gasteiger charge is 2.06. The minimum Gasteiger partial charge on any atom is -0.376 e. The Labute approximate surface area is 123 Å². The van der Waals surface area contributed by atoms with Crippen LogP contribution in [0.5, 0.6) is 0 Å². The minimum absolute atomic E-state index is 0.0284. The second kappa shape index (κ2) is 6.47. The Balaban J connectivity index is 1.89. The van der Waals surface area contributed by atoms with Gasteiger partial charge in [-0.05, 0) is 36.4 Å². The molecule has 0 bridgehead atoms. The van der Waals surface area contributed by atoms with Gasteiger partial charge in [-0.1, -0.05) is 15.9 Å². The number of carbonyl (C=O) groups excluding carboxylic acids is 1. The van der Waals surface area contributed by atoms with E-state index < -0.39 is 11.6 Å². The first kappa shape index (κ1) is 14.5. The largest absolute Gasteiger partial charge is 0.376 e. The van der Waals surface area contributed by atoms with E-state index in [1.807, 2.05) is 24.3 Å². The van der Waals surface area contributed by atoms with Crippen LogP contribution in [0.2, 0.25) is 0 Å². The summed E-state index contributed by atoms with van der Waals surface area (Å²) in [7, 11) is 0. The third-order valence-electron chi connectivity index (χ3n) is 2.50. The monoisotopic (exact) mass is 340 g/mol. The second-order valence-corrected chi connectivity index (χ2v) is 4.95. The van der Waals surface area contributed by atoms with Crippen molar-refractivity contribution >= 4 is 33.2 Å². The lowest BCUT2D eigenvalue weighted by atomic mass is 10.3. The van der Waals surface area contributed by atoms with Crippen molar-refractivity contribution in [1.29, 1.82) is 0 Å². The first-order chi connectivity index (χ1) is 9.54. The zero-order valence-electron chi connectivity index (χ0n) is 10.3. The maximum absolute atomic E-state index is 13.0. The molecule has 0 radical (unpaired) electrons. The van der Waals surface area contributed by atoms with Gasteiger partial charge in [0, 0.05) is 21.9 Å². The Kier molecular flexibility index (Phi) is 4.68. The first-order valence-corrected chi connectivity index (χ1v) is 6.58. The Morgan fingerprint density at radius 2 is 1.65 bits per heavy atom. The summed E-state index contributed by atoms with van der Waals surface area (Å²) in [5.41, 5.74) is 1.00. The molecule has 2 N–H and O–H groups in total. The van der Waals surface area contributed by atoms with Gasteiger partial charge in [0.05, 0.1) is 6.54 Å². The molecule has 2 aromatic carbocycles. The zero-order valence-corrected chi connectivity index (χ0v) is 11.9. The highest BCUT2D eigenvalue weighted by atomic mass is 79.9. The number of amides is 1. The average Bonchev–Trinajstić information content (AvgIpc) is 2.42. The van der Waals surface area contributed by atoms with Crippen LogP contribution in [0.25, 0.3) is 0 Å². The van der Waals surface area contributed by atoms with E-state index in [1.165, 1.54) is 6.07 Å². The number of hydrogen-bond donors (Lipinski definition) is 2. The van der Waals surface area contributed by atoms with E-state index in [1.54, 1.807) is 0 Å². The quantitative estimate of drug-likeness (QED) is 0.889. The topological polar surface area (TPSA) is 41.1 Å². The maximum atomic E-state index is 13.0. The number of carbonyl (C=O) groups is 1. The van der Waals surface area contributed by atoms with Crippen LogP contribution in [0.3, 0.4) is 0 Å². The molecule has 20 heavy (non-hydrogen) atoms. The van der Waals surface area contributed by atoms with E-state index >= 15 is 0 Å². The molecule has 0 aliphatic carbocycles. The van der Waals surface area contributed by atoms with Crippen molar-refractivity contribution in [3.05, 3.63) is 58.6 Å². The Morgan fingerprint density at radius 3 is 2.30 bits per heavy atom. The highest BCUT2D eigenvalue weighted by Crippen LogP contribution is 2.15. The third-order valence-corrected chi connectivity index (χ3v) is 3.03. The maximum Gasteiger partial charge on any atom is 0.243 e. The van der Waals surface area contributed by atoms with Gasteiger partial charge in [-0.2, -0.15) is 0 Å².